The number of hydrazone groups is 1. The average molecular weight is 438 g/mol. The molecule has 0 spiro atoms. The van der Waals surface area contributed by atoms with Crippen molar-refractivity contribution in [3.8, 4) is 5.75 Å². The fraction of sp³-hybridized carbons (Fsp3) is 0.130. The van der Waals surface area contributed by atoms with E-state index in [2.05, 4.69) is 15.2 Å². The molecule has 0 bridgehead atoms. The van der Waals surface area contributed by atoms with Gasteiger partial charge in [-0.3, -0.25) is 4.79 Å². The lowest BCUT2D eigenvalue weighted by Crippen LogP contribution is -2.31. The number of nitrogens with zero attached hydrogens (tertiary/aromatic N) is 1. The highest BCUT2D eigenvalue weighted by molar-refractivity contribution is 7.89. The summed E-state index contributed by atoms with van der Waals surface area (Å²) in [5.41, 5.74) is 1.69. The van der Waals surface area contributed by atoms with Gasteiger partial charge in [0, 0.05) is 0 Å². The number of rotatable bonds is 9. The number of sulfonamides is 1. The fourth-order valence-corrected chi connectivity index (χ4v) is 3.54. The third-order valence-corrected chi connectivity index (χ3v) is 5.61. The molecule has 0 fully saturated rings. The Bertz CT molecular complexity index is 1120. The van der Waals surface area contributed by atoms with Gasteiger partial charge in [-0.25, -0.2) is 4.83 Å². The van der Waals surface area contributed by atoms with Gasteiger partial charge in [-0.2, -0.15) is 13.5 Å². The van der Waals surface area contributed by atoms with E-state index in [1.165, 1.54) is 18.3 Å². The summed E-state index contributed by atoms with van der Waals surface area (Å²) in [5.74, 6) is 0.293. The summed E-state index contributed by atoms with van der Waals surface area (Å²) in [5, 5.41) is 6.67. The zero-order valence-electron chi connectivity index (χ0n) is 16.9. The summed E-state index contributed by atoms with van der Waals surface area (Å²) in [6, 6.07) is 24.3. The first-order valence-electron chi connectivity index (χ1n) is 9.61. The molecule has 0 saturated carbocycles. The van der Waals surface area contributed by atoms with Crippen LogP contribution in [0.1, 0.15) is 24.1 Å². The third-order valence-electron chi connectivity index (χ3n) is 4.37. The number of ether oxygens (including phenoxy) is 1. The van der Waals surface area contributed by atoms with Crippen molar-refractivity contribution in [2.75, 3.05) is 6.61 Å². The van der Waals surface area contributed by atoms with Crippen molar-refractivity contribution in [1.29, 1.82) is 0 Å². The van der Waals surface area contributed by atoms with Crippen LogP contribution in [0.5, 0.6) is 5.75 Å². The molecule has 8 heteroatoms. The van der Waals surface area contributed by atoms with Crippen LogP contribution >= 0.6 is 0 Å². The summed E-state index contributed by atoms with van der Waals surface area (Å²) in [4.78, 5) is 14.4. The van der Waals surface area contributed by atoms with Crippen LogP contribution in [0.4, 0.5) is 0 Å². The Balaban J connectivity index is 1.47. The Kier molecular flexibility index (Phi) is 7.40. The van der Waals surface area contributed by atoms with Gasteiger partial charge in [-0.15, -0.1) is 0 Å². The lowest BCUT2D eigenvalue weighted by molar-refractivity contribution is -0.123. The second kappa shape index (κ2) is 10.4. The number of amides is 1. The van der Waals surface area contributed by atoms with E-state index in [1.54, 1.807) is 42.5 Å². The van der Waals surface area contributed by atoms with Crippen molar-refractivity contribution in [2.45, 2.75) is 17.9 Å². The minimum Gasteiger partial charge on any atom is -0.484 e. The largest absolute Gasteiger partial charge is 0.484 e. The van der Waals surface area contributed by atoms with Crippen LogP contribution in [0.2, 0.25) is 0 Å². The molecule has 1 amide bonds. The van der Waals surface area contributed by atoms with Gasteiger partial charge < -0.3 is 10.1 Å². The van der Waals surface area contributed by atoms with E-state index in [9.17, 15) is 13.2 Å². The van der Waals surface area contributed by atoms with Gasteiger partial charge in [-0.1, -0.05) is 48.5 Å². The van der Waals surface area contributed by atoms with Crippen molar-refractivity contribution < 1.29 is 17.9 Å². The predicted molar refractivity (Wildman–Crippen MR) is 119 cm³/mol. The molecule has 0 aliphatic heterocycles. The summed E-state index contributed by atoms with van der Waals surface area (Å²) in [6.45, 7) is 1.80. The maximum absolute atomic E-state index is 12.1. The molecule has 2 N–H and O–H groups in total. The van der Waals surface area contributed by atoms with E-state index in [-0.39, 0.29) is 23.5 Å². The Morgan fingerprint density at radius 2 is 1.58 bits per heavy atom. The Labute approximate surface area is 181 Å². The molecule has 0 aliphatic carbocycles. The fourth-order valence-electron chi connectivity index (χ4n) is 2.73. The smallest absolute Gasteiger partial charge is 0.276 e. The van der Waals surface area contributed by atoms with Crippen LogP contribution in [0.15, 0.2) is 94.9 Å². The number of carbonyl (C=O) groups is 1. The SMILES string of the molecule is CC(NC(=O)COc1ccc(/C=N\NS(=O)(=O)c2ccccc2)cc1)c1ccccc1. The van der Waals surface area contributed by atoms with Crippen LogP contribution in [-0.2, 0) is 14.8 Å². The molecule has 7 nitrogen and oxygen atoms in total. The van der Waals surface area contributed by atoms with Gasteiger partial charge in [0.1, 0.15) is 5.75 Å². The monoisotopic (exact) mass is 437 g/mol. The van der Waals surface area contributed by atoms with Crippen LogP contribution in [0.25, 0.3) is 0 Å². The molecule has 1 unspecified atom stereocenters. The Hall–Kier alpha value is -3.65. The van der Waals surface area contributed by atoms with Gasteiger partial charge >= 0.3 is 0 Å². The minimum absolute atomic E-state index is 0.110. The molecule has 0 aromatic heterocycles. The van der Waals surface area contributed by atoms with Crippen molar-refractivity contribution >= 4 is 22.1 Å². The van der Waals surface area contributed by atoms with Crippen LogP contribution in [-0.4, -0.2) is 27.1 Å². The number of hydrogen-bond donors (Lipinski definition) is 2. The van der Waals surface area contributed by atoms with Crippen molar-refractivity contribution in [3.05, 3.63) is 96.1 Å². The number of nitrogens with one attached hydrogen (secondary N) is 2. The summed E-state index contributed by atoms with van der Waals surface area (Å²) < 4.78 is 29.7. The third kappa shape index (κ3) is 6.68. The van der Waals surface area contributed by atoms with E-state index in [0.717, 1.165) is 5.56 Å². The second-order valence-electron chi connectivity index (χ2n) is 6.72. The first kappa shape index (κ1) is 22.0. The number of hydrogen-bond acceptors (Lipinski definition) is 5. The Morgan fingerprint density at radius 3 is 2.23 bits per heavy atom. The van der Waals surface area contributed by atoms with Gasteiger partial charge in [0.2, 0.25) is 0 Å². The summed E-state index contributed by atoms with van der Waals surface area (Å²) in [6.07, 6.45) is 1.39. The summed E-state index contributed by atoms with van der Waals surface area (Å²) in [7, 11) is -3.70. The molecule has 160 valence electrons. The van der Waals surface area contributed by atoms with Gasteiger partial charge in [0.15, 0.2) is 6.61 Å². The maximum Gasteiger partial charge on any atom is 0.276 e. The van der Waals surface area contributed by atoms with Crippen molar-refractivity contribution in [1.82, 2.24) is 10.1 Å². The molecule has 1 atom stereocenters. The topological polar surface area (TPSA) is 96.9 Å². The van der Waals surface area contributed by atoms with Crippen molar-refractivity contribution in [3.63, 3.8) is 0 Å². The van der Waals surface area contributed by atoms with Gasteiger partial charge in [0.05, 0.1) is 17.2 Å². The number of benzene rings is 3. The molecular formula is C23H23N3O4S. The van der Waals surface area contributed by atoms with Gasteiger partial charge in [0.25, 0.3) is 15.9 Å². The molecule has 0 radical (unpaired) electrons. The lowest BCUT2D eigenvalue weighted by Gasteiger charge is -2.14. The molecule has 0 heterocycles. The van der Waals surface area contributed by atoms with Crippen LogP contribution in [0.3, 0.4) is 0 Å². The summed E-state index contributed by atoms with van der Waals surface area (Å²) >= 11 is 0. The van der Waals surface area contributed by atoms with E-state index in [4.69, 9.17) is 4.74 Å². The highest BCUT2D eigenvalue weighted by Gasteiger charge is 2.11. The zero-order chi connectivity index (χ0) is 22.1. The van der Waals surface area contributed by atoms with E-state index in [0.29, 0.717) is 11.3 Å². The first-order chi connectivity index (χ1) is 14.9. The number of carbonyl (C=O) groups excluding carboxylic acids is 1. The molecule has 3 aromatic carbocycles. The lowest BCUT2D eigenvalue weighted by atomic mass is 10.1. The van der Waals surface area contributed by atoms with E-state index >= 15 is 0 Å². The van der Waals surface area contributed by atoms with E-state index < -0.39 is 10.0 Å². The van der Waals surface area contributed by atoms with Crippen molar-refractivity contribution in [2.24, 2.45) is 5.10 Å². The highest BCUT2D eigenvalue weighted by Crippen LogP contribution is 2.13. The van der Waals surface area contributed by atoms with Crippen LogP contribution in [0, 0.1) is 0 Å². The average Bonchev–Trinajstić information content (AvgIpc) is 2.79. The molecular weight excluding hydrogens is 414 g/mol. The standard InChI is InChI=1S/C23H23N3O4S/c1-18(20-8-4-2-5-9-20)25-23(27)17-30-21-14-12-19(13-15-21)16-24-26-31(28,29)22-10-6-3-7-11-22/h2-16,18,26H,17H2,1H3,(H,25,27)/b24-16-. The first-order valence-corrected chi connectivity index (χ1v) is 11.1. The quantitative estimate of drug-likeness (QED) is 0.397. The molecule has 31 heavy (non-hydrogen) atoms. The zero-order valence-corrected chi connectivity index (χ0v) is 17.7. The molecule has 0 saturated heterocycles. The normalized spacial score (nSPS) is 12.3. The second-order valence-corrected chi connectivity index (χ2v) is 8.38. The van der Waals surface area contributed by atoms with Gasteiger partial charge in [-0.05, 0) is 54.4 Å². The predicted octanol–water partition coefficient (Wildman–Crippen LogP) is 3.26. The molecule has 3 rings (SSSR count). The van der Waals surface area contributed by atoms with Crippen LogP contribution < -0.4 is 14.9 Å². The van der Waals surface area contributed by atoms with E-state index in [1.807, 2.05) is 37.3 Å². The molecule has 0 aliphatic rings. The maximum atomic E-state index is 12.1. The minimum atomic E-state index is -3.70. The molecule has 3 aromatic rings. The Morgan fingerprint density at radius 1 is 0.968 bits per heavy atom. The highest BCUT2D eigenvalue weighted by atomic mass is 32.2.